The first kappa shape index (κ1) is 13.0. The van der Waals surface area contributed by atoms with E-state index in [1.165, 1.54) is 0 Å². The average Bonchev–Trinajstić information content (AvgIpc) is 2.15. The lowest BCUT2D eigenvalue weighted by atomic mass is 9.92. The predicted molar refractivity (Wildman–Crippen MR) is 62.9 cm³/mol. The van der Waals surface area contributed by atoms with Crippen molar-refractivity contribution in [2.75, 3.05) is 0 Å². The predicted octanol–water partition coefficient (Wildman–Crippen LogP) is 2.77. The third-order valence-electron chi connectivity index (χ3n) is 2.54. The summed E-state index contributed by atoms with van der Waals surface area (Å²) in [5.41, 5.74) is 0.478. The zero-order chi connectivity index (χ0) is 11.6. The SMILES string of the molecule is CC(C)[C@@H](O)[C@H](O)C1=C(Cl)CCC=C1Cl. The Labute approximate surface area is 100 Å². The summed E-state index contributed by atoms with van der Waals surface area (Å²) in [5.74, 6) is -0.0386. The number of hydrogen-bond donors (Lipinski definition) is 2. The van der Waals surface area contributed by atoms with Gasteiger partial charge in [-0.1, -0.05) is 43.1 Å². The molecule has 0 saturated carbocycles. The normalized spacial score (nSPS) is 21.7. The molecule has 1 aliphatic carbocycles. The van der Waals surface area contributed by atoms with Gasteiger partial charge in [-0.05, 0) is 18.8 Å². The molecule has 1 rings (SSSR count). The largest absolute Gasteiger partial charge is 0.390 e. The Balaban J connectivity index is 2.91. The fraction of sp³-hybridized carbons (Fsp3) is 0.636. The molecule has 2 atom stereocenters. The molecule has 86 valence electrons. The maximum Gasteiger partial charge on any atom is 0.108 e. The molecule has 0 aliphatic heterocycles. The Bertz CT molecular complexity index is 295. The summed E-state index contributed by atoms with van der Waals surface area (Å²) in [7, 11) is 0. The van der Waals surface area contributed by atoms with Crippen molar-refractivity contribution >= 4 is 23.2 Å². The summed E-state index contributed by atoms with van der Waals surface area (Å²) < 4.78 is 0. The highest BCUT2D eigenvalue weighted by atomic mass is 35.5. The first-order valence-corrected chi connectivity index (χ1v) is 5.81. The Morgan fingerprint density at radius 2 is 1.87 bits per heavy atom. The van der Waals surface area contributed by atoms with E-state index in [1.54, 1.807) is 0 Å². The Morgan fingerprint density at radius 3 is 2.33 bits per heavy atom. The van der Waals surface area contributed by atoms with Crippen LogP contribution in [-0.2, 0) is 0 Å². The molecule has 0 bridgehead atoms. The number of aliphatic hydroxyl groups excluding tert-OH is 2. The number of halogens is 2. The molecule has 0 aromatic heterocycles. The summed E-state index contributed by atoms with van der Waals surface area (Å²) >= 11 is 12.0. The number of rotatable bonds is 3. The maximum atomic E-state index is 9.94. The van der Waals surface area contributed by atoms with Crippen LogP contribution in [0.15, 0.2) is 21.7 Å². The molecular formula is C11H16Cl2O2. The minimum absolute atomic E-state index is 0.0386. The van der Waals surface area contributed by atoms with Gasteiger partial charge in [0.05, 0.1) is 6.10 Å². The summed E-state index contributed by atoms with van der Waals surface area (Å²) in [6.07, 6.45) is 1.44. The quantitative estimate of drug-likeness (QED) is 0.809. The number of aliphatic hydroxyl groups is 2. The molecule has 0 saturated heterocycles. The van der Waals surface area contributed by atoms with Crippen molar-refractivity contribution in [3.05, 3.63) is 21.7 Å². The molecule has 1 aliphatic rings. The van der Waals surface area contributed by atoms with E-state index in [4.69, 9.17) is 23.2 Å². The molecule has 15 heavy (non-hydrogen) atoms. The van der Waals surface area contributed by atoms with Crippen LogP contribution in [0.25, 0.3) is 0 Å². The van der Waals surface area contributed by atoms with Gasteiger partial charge in [0.2, 0.25) is 0 Å². The van der Waals surface area contributed by atoms with Crippen molar-refractivity contribution in [1.82, 2.24) is 0 Å². The molecule has 0 aromatic rings. The summed E-state index contributed by atoms with van der Waals surface area (Å²) in [6, 6.07) is 0. The summed E-state index contributed by atoms with van der Waals surface area (Å²) in [4.78, 5) is 0. The fourth-order valence-corrected chi connectivity index (χ4v) is 2.24. The van der Waals surface area contributed by atoms with E-state index in [0.29, 0.717) is 22.1 Å². The third-order valence-corrected chi connectivity index (χ3v) is 3.29. The number of allylic oxidation sites excluding steroid dienone is 2. The highest BCUT2D eigenvalue weighted by molar-refractivity contribution is 6.36. The van der Waals surface area contributed by atoms with Crippen molar-refractivity contribution in [2.24, 2.45) is 5.92 Å². The van der Waals surface area contributed by atoms with Crippen LogP contribution in [0, 0.1) is 5.92 Å². The van der Waals surface area contributed by atoms with Gasteiger partial charge >= 0.3 is 0 Å². The molecule has 0 radical (unpaired) electrons. The molecule has 0 fully saturated rings. The van der Waals surface area contributed by atoms with Gasteiger partial charge in [0.25, 0.3) is 0 Å². The molecule has 4 heteroatoms. The first-order chi connectivity index (χ1) is 6.95. The maximum absolute atomic E-state index is 9.94. The van der Waals surface area contributed by atoms with Gasteiger partial charge in [-0.15, -0.1) is 0 Å². The Morgan fingerprint density at radius 1 is 1.27 bits per heavy atom. The van der Waals surface area contributed by atoms with E-state index in [2.05, 4.69) is 0 Å². The lowest BCUT2D eigenvalue weighted by Gasteiger charge is -2.26. The molecule has 0 unspecified atom stereocenters. The van der Waals surface area contributed by atoms with Gasteiger partial charge in [-0.2, -0.15) is 0 Å². The van der Waals surface area contributed by atoms with Gasteiger partial charge in [0, 0.05) is 15.6 Å². The van der Waals surface area contributed by atoms with Crippen LogP contribution in [0.1, 0.15) is 26.7 Å². The van der Waals surface area contributed by atoms with Crippen LogP contribution in [-0.4, -0.2) is 22.4 Å². The lowest BCUT2D eigenvalue weighted by molar-refractivity contribution is 0.0132. The highest BCUT2D eigenvalue weighted by Gasteiger charge is 2.28. The van der Waals surface area contributed by atoms with E-state index in [1.807, 2.05) is 19.9 Å². The second kappa shape index (κ2) is 5.35. The van der Waals surface area contributed by atoms with Gasteiger partial charge in [0.15, 0.2) is 0 Å². The Hall–Kier alpha value is -0.0200. The van der Waals surface area contributed by atoms with Crippen LogP contribution in [0.3, 0.4) is 0 Å². The molecule has 2 nitrogen and oxygen atoms in total. The van der Waals surface area contributed by atoms with Crippen LogP contribution >= 0.6 is 23.2 Å². The van der Waals surface area contributed by atoms with Crippen molar-refractivity contribution in [3.63, 3.8) is 0 Å². The monoisotopic (exact) mass is 250 g/mol. The standard InChI is InChI=1S/C11H16Cl2O2/c1-6(2)10(14)11(15)9-7(12)4-3-5-8(9)13/h4,6,10-11,14-15H,3,5H2,1-2H3/t10-,11-/m1/s1. The minimum Gasteiger partial charge on any atom is -0.390 e. The number of hydrogen-bond acceptors (Lipinski definition) is 2. The van der Waals surface area contributed by atoms with Crippen LogP contribution in [0.4, 0.5) is 0 Å². The van der Waals surface area contributed by atoms with Gasteiger partial charge in [-0.25, -0.2) is 0 Å². The van der Waals surface area contributed by atoms with E-state index >= 15 is 0 Å². The molecule has 0 aromatic carbocycles. The van der Waals surface area contributed by atoms with Crippen LogP contribution in [0.5, 0.6) is 0 Å². The summed E-state index contributed by atoms with van der Waals surface area (Å²) in [5, 5.41) is 20.7. The Kier molecular flexibility index (Phi) is 4.65. The topological polar surface area (TPSA) is 40.5 Å². The third kappa shape index (κ3) is 2.97. The highest BCUT2D eigenvalue weighted by Crippen LogP contribution is 2.34. The van der Waals surface area contributed by atoms with Gasteiger partial charge in [-0.3, -0.25) is 0 Å². The van der Waals surface area contributed by atoms with E-state index in [0.717, 1.165) is 6.42 Å². The van der Waals surface area contributed by atoms with Crippen molar-refractivity contribution in [1.29, 1.82) is 0 Å². The van der Waals surface area contributed by atoms with Crippen molar-refractivity contribution in [2.45, 2.75) is 38.9 Å². The van der Waals surface area contributed by atoms with Crippen molar-refractivity contribution in [3.8, 4) is 0 Å². The van der Waals surface area contributed by atoms with E-state index < -0.39 is 12.2 Å². The smallest absolute Gasteiger partial charge is 0.108 e. The zero-order valence-corrected chi connectivity index (χ0v) is 10.4. The first-order valence-electron chi connectivity index (χ1n) is 5.05. The van der Waals surface area contributed by atoms with E-state index in [9.17, 15) is 10.2 Å². The molecule has 0 spiro atoms. The zero-order valence-electron chi connectivity index (χ0n) is 8.87. The van der Waals surface area contributed by atoms with E-state index in [-0.39, 0.29) is 5.92 Å². The average molecular weight is 251 g/mol. The minimum atomic E-state index is -0.999. The van der Waals surface area contributed by atoms with Gasteiger partial charge in [0.1, 0.15) is 6.10 Å². The second-order valence-corrected chi connectivity index (χ2v) is 4.95. The lowest BCUT2D eigenvalue weighted by Crippen LogP contribution is -2.33. The molecular weight excluding hydrogens is 235 g/mol. The summed E-state index contributed by atoms with van der Waals surface area (Å²) in [6.45, 7) is 3.67. The molecule has 2 N–H and O–H groups in total. The van der Waals surface area contributed by atoms with Crippen molar-refractivity contribution < 1.29 is 10.2 Å². The fourth-order valence-electron chi connectivity index (χ4n) is 1.54. The van der Waals surface area contributed by atoms with Crippen LogP contribution < -0.4 is 0 Å². The van der Waals surface area contributed by atoms with Crippen LogP contribution in [0.2, 0.25) is 0 Å². The molecule has 0 amide bonds. The second-order valence-electron chi connectivity index (χ2n) is 4.09. The van der Waals surface area contributed by atoms with Gasteiger partial charge < -0.3 is 10.2 Å². The molecule has 0 heterocycles.